The topological polar surface area (TPSA) is 39.4 Å². The van der Waals surface area contributed by atoms with Gasteiger partial charge in [0, 0.05) is 16.7 Å². The molecule has 0 saturated heterocycles. The Bertz CT molecular complexity index is 708. The molecular weight excluding hydrogens is 250 g/mol. The molecule has 0 aliphatic rings. The average Bonchev–Trinajstić information content (AvgIpc) is 2.82. The Morgan fingerprint density at radius 3 is 2.78 bits per heavy atom. The van der Waals surface area contributed by atoms with Crippen LogP contribution in [0.15, 0.2) is 42.5 Å². The standard InChI is InChI=1S/C13H10ClN3O/c1-18-12-7-3-6-11-15-13(16-17(11)12)9-4-2-5-10(14)8-9/h2-8H,1H3. The molecule has 0 fully saturated rings. The van der Waals surface area contributed by atoms with E-state index < -0.39 is 0 Å². The van der Waals surface area contributed by atoms with Gasteiger partial charge in [-0.05, 0) is 18.2 Å². The van der Waals surface area contributed by atoms with E-state index in [4.69, 9.17) is 16.3 Å². The van der Waals surface area contributed by atoms with Gasteiger partial charge in [-0.15, -0.1) is 5.10 Å². The predicted octanol–water partition coefficient (Wildman–Crippen LogP) is 3.06. The summed E-state index contributed by atoms with van der Waals surface area (Å²) in [4.78, 5) is 4.45. The number of aromatic nitrogens is 3. The first-order valence-electron chi connectivity index (χ1n) is 5.43. The molecule has 0 aliphatic heterocycles. The van der Waals surface area contributed by atoms with Gasteiger partial charge in [0.1, 0.15) is 0 Å². The van der Waals surface area contributed by atoms with Crippen molar-refractivity contribution in [2.75, 3.05) is 7.11 Å². The number of methoxy groups -OCH3 is 1. The number of halogens is 1. The van der Waals surface area contributed by atoms with Crippen LogP contribution in [0.25, 0.3) is 17.0 Å². The summed E-state index contributed by atoms with van der Waals surface area (Å²) in [6.45, 7) is 0. The van der Waals surface area contributed by atoms with Gasteiger partial charge in [0.15, 0.2) is 11.5 Å². The van der Waals surface area contributed by atoms with E-state index in [1.807, 2.05) is 42.5 Å². The van der Waals surface area contributed by atoms with Gasteiger partial charge in [0.2, 0.25) is 5.88 Å². The second kappa shape index (κ2) is 4.31. The minimum Gasteiger partial charge on any atom is -0.481 e. The molecule has 0 amide bonds. The number of benzene rings is 1. The van der Waals surface area contributed by atoms with Crippen LogP contribution in [0.3, 0.4) is 0 Å². The molecule has 0 bridgehead atoms. The molecule has 1 aromatic carbocycles. The second-order valence-electron chi connectivity index (χ2n) is 3.78. The lowest BCUT2D eigenvalue weighted by Crippen LogP contribution is -1.94. The third kappa shape index (κ3) is 1.80. The van der Waals surface area contributed by atoms with Crippen LogP contribution in [-0.2, 0) is 0 Å². The monoisotopic (exact) mass is 259 g/mol. The molecule has 18 heavy (non-hydrogen) atoms. The molecular formula is C13H10ClN3O. The summed E-state index contributed by atoms with van der Waals surface area (Å²) in [6.07, 6.45) is 0. The zero-order chi connectivity index (χ0) is 12.5. The first-order valence-corrected chi connectivity index (χ1v) is 5.81. The highest BCUT2D eigenvalue weighted by molar-refractivity contribution is 6.30. The number of pyridine rings is 1. The van der Waals surface area contributed by atoms with Crippen LogP contribution in [0.2, 0.25) is 5.02 Å². The van der Waals surface area contributed by atoms with Crippen molar-refractivity contribution in [2.24, 2.45) is 0 Å². The minimum atomic E-state index is 0.627. The fraction of sp³-hybridized carbons (Fsp3) is 0.0769. The first kappa shape index (κ1) is 11.0. The van der Waals surface area contributed by atoms with E-state index in [9.17, 15) is 0 Å². The Kier molecular flexibility index (Phi) is 2.64. The molecule has 0 saturated carbocycles. The van der Waals surface area contributed by atoms with Gasteiger partial charge in [-0.25, -0.2) is 4.98 Å². The van der Waals surface area contributed by atoms with Gasteiger partial charge in [-0.1, -0.05) is 29.8 Å². The third-order valence-electron chi connectivity index (χ3n) is 2.62. The van der Waals surface area contributed by atoms with Gasteiger partial charge < -0.3 is 4.74 Å². The van der Waals surface area contributed by atoms with Gasteiger partial charge in [0.05, 0.1) is 7.11 Å². The lowest BCUT2D eigenvalue weighted by molar-refractivity contribution is 0.386. The summed E-state index contributed by atoms with van der Waals surface area (Å²) in [5, 5.41) is 5.08. The molecule has 0 N–H and O–H groups in total. The van der Waals surface area contributed by atoms with Crippen LogP contribution in [0.5, 0.6) is 5.88 Å². The van der Waals surface area contributed by atoms with Gasteiger partial charge in [0.25, 0.3) is 0 Å². The average molecular weight is 260 g/mol. The van der Waals surface area contributed by atoms with Crippen molar-refractivity contribution >= 4 is 17.2 Å². The fourth-order valence-corrected chi connectivity index (χ4v) is 1.98. The SMILES string of the molecule is COc1cccc2nc(-c3cccc(Cl)c3)nn12. The van der Waals surface area contributed by atoms with Crippen LogP contribution < -0.4 is 4.74 Å². The van der Waals surface area contributed by atoms with Crippen LogP contribution in [0, 0.1) is 0 Å². The molecule has 3 aromatic rings. The summed E-state index contributed by atoms with van der Waals surface area (Å²) in [6, 6.07) is 13.1. The Hall–Kier alpha value is -2.07. The summed E-state index contributed by atoms with van der Waals surface area (Å²) in [5.41, 5.74) is 1.62. The fourth-order valence-electron chi connectivity index (χ4n) is 1.79. The van der Waals surface area contributed by atoms with Crippen LogP contribution in [-0.4, -0.2) is 21.7 Å². The van der Waals surface area contributed by atoms with Gasteiger partial charge in [-0.2, -0.15) is 4.52 Å². The number of hydrogen-bond acceptors (Lipinski definition) is 3. The summed E-state index contributed by atoms with van der Waals surface area (Å²) >= 11 is 5.96. The van der Waals surface area contributed by atoms with Crippen molar-refractivity contribution in [3.8, 4) is 17.3 Å². The highest BCUT2D eigenvalue weighted by Crippen LogP contribution is 2.22. The van der Waals surface area contributed by atoms with Crippen molar-refractivity contribution in [2.45, 2.75) is 0 Å². The summed E-state index contributed by atoms with van der Waals surface area (Å²) < 4.78 is 6.90. The molecule has 2 aromatic heterocycles. The third-order valence-corrected chi connectivity index (χ3v) is 2.85. The minimum absolute atomic E-state index is 0.627. The summed E-state index contributed by atoms with van der Waals surface area (Å²) in [5.74, 6) is 1.27. The number of hydrogen-bond donors (Lipinski definition) is 0. The van der Waals surface area contributed by atoms with Crippen LogP contribution in [0.4, 0.5) is 0 Å². The largest absolute Gasteiger partial charge is 0.481 e. The van der Waals surface area contributed by atoms with Crippen molar-refractivity contribution in [1.29, 1.82) is 0 Å². The molecule has 90 valence electrons. The van der Waals surface area contributed by atoms with Crippen molar-refractivity contribution in [3.05, 3.63) is 47.5 Å². The Morgan fingerprint density at radius 1 is 1.17 bits per heavy atom. The predicted molar refractivity (Wildman–Crippen MR) is 70.0 cm³/mol. The van der Waals surface area contributed by atoms with E-state index in [2.05, 4.69) is 10.1 Å². The number of nitrogens with zero attached hydrogens (tertiary/aromatic N) is 3. The van der Waals surface area contributed by atoms with E-state index in [0.717, 1.165) is 11.2 Å². The molecule has 0 atom stereocenters. The Labute approximate surface area is 109 Å². The Balaban J connectivity index is 2.19. The maximum atomic E-state index is 5.96. The van der Waals surface area contributed by atoms with Gasteiger partial charge in [-0.3, -0.25) is 0 Å². The second-order valence-corrected chi connectivity index (χ2v) is 4.22. The van der Waals surface area contributed by atoms with Crippen molar-refractivity contribution in [1.82, 2.24) is 14.6 Å². The molecule has 0 radical (unpaired) electrons. The molecule has 0 aliphatic carbocycles. The molecule has 4 nitrogen and oxygen atoms in total. The molecule has 5 heteroatoms. The first-order chi connectivity index (χ1) is 8.78. The van der Waals surface area contributed by atoms with Crippen LogP contribution >= 0.6 is 11.6 Å². The number of fused-ring (bicyclic) bond motifs is 1. The van der Waals surface area contributed by atoms with Crippen LogP contribution in [0.1, 0.15) is 0 Å². The normalized spacial score (nSPS) is 10.8. The zero-order valence-corrected chi connectivity index (χ0v) is 10.4. The smallest absolute Gasteiger partial charge is 0.216 e. The lowest BCUT2D eigenvalue weighted by atomic mass is 10.2. The quantitative estimate of drug-likeness (QED) is 0.710. The molecule has 0 spiro atoms. The highest BCUT2D eigenvalue weighted by atomic mass is 35.5. The maximum Gasteiger partial charge on any atom is 0.216 e. The van der Waals surface area contributed by atoms with E-state index in [1.165, 1.54) is 0 Å². The summed E-state index contributed by atoms with van der Waals surface area (Å²) in [7, 11) is 1.61. The van der Waals surface area contributed by atoms with E-state index in [0.29, 0.717) is 16.7 Å². The lowest BCUT2D eigenvalue weighted by Gasteiger charge is -1.99. The van der Waals surface area contributed by atoms with E-state index in [1.54, 1.807) is 11.6 Å². The molecule has 3 rings (SSSR count). The van der Waals surface area contributed by atoms with E-state index >= 15 is 0 Å². The molecule has 0 unspecified atom stereocenters. The number of rotatable bonds is 2. The highest BCUT2D eigenvalue weighted by Gasteiger charge is 2.09. The maximum absolute atomic E-state index is 5.96. The number of ether oxygens (including phenoxy) is 1. The van der Waals surface area contributed by atoms with E-state index in [-0.39, 0.29) is 0 Å². The molecule has 2 heterocycles. The van der Waals surface area contributed by atoms with Crippen molar-refractivity contribution < 1.29 is 4.74 Å². The van der Waals surface area contributed by atoms with Gasteiger partial charge >= 0.3 is 0 Å². The zero-order valence-electron chi connectivity index (χ0n) is 9.67. The Morgan fingerprint density at radius 2 is 2.00 bits per heavy atom. The van der Waals surface area contributed by atoms with Crippen molar-refractivity contribution in [3.63, 3.8) is 0 Å².